The number of nitrogens with zero attached hydrogens (tertiary/aromatic N) is 3. The van der Waals surface area contributed by atoms with Crippen molar-refractivity contribution in [2.45, 2.75) is 20.1 Å². The summed E-state index contributed by atoms with van der Waals surface area (Å²) in [7, 11) is 0. The van der Waals surface area contributed by atoms with Gasteiger partial charge in [0.05, 0.1) is 22.3 Å². The highest BCUT2D eigenvalue weighted by atomic mass is 32.1. The number of aryl methyl sites for hydroxylation is 1. The molecule has 5 aromatic rings. The van der Waals surface area contributed by atoms with E-state index in [1.165, 1.54) is 11.3 Å². The fourth-order valence-corrected chi connectivity index (χ4v) is 4.37. The molecule has 2 aromatic carbocycles. The molecule has 33 heavy (non-hydrogen) atoms. The first-order chi connectivity index (χ1) is 16.1. The first kappa shape index (κ1) is 20.8. The summed E-state index contributed by atoms with van der Waals surface area (Å²) in [5.41, 5.74) is 3.24. The van der Waals surface area contributed by atoms with Crippen LogP contribution in [0.25, 0.3) is 21.5 Å². The number of carbonyl (C=O) groups excluding carboxylic acids is 1. The number of hydrogen-bond acceptors (Lipinski definition) is 6. The van der Waals surface area contributed by atoms with Gasteiger partial charge in [-0.3, -0.25) is 9.48 Å². The summed E-state index contributed by atoms with van der Waals surface area (Å²) in [5.74, 6) is -0.227. The Kier molecular flexibility index (Phi) is 5.58. The molecule has 1 N–H and O–H groups in total. The zero-order valence-corrected chi connectivity index (χ0v) is 18.6. The molecule has 0 unspecified atom stereocenters. The van der Waals surface area contributed by atoms with E-state index in [2.05, 4.69) is 15.1 Å². The fourth-order valence-electron chi connectivity index (χ4n) is 3.65. The normalized spacial score (nSPS) is 11.1. The average Bonchev–Trinajstić information content (AvgIpc) is 3.49. The van der Waals surface area contributed by atoms with Crippen LogP contribution in [0.2, 0.25) is 0 Å². The molecular weight excluding hydrogens is 436 g/mol. The zero-order chi connectivity index (χ0) is 22.8. The van der Waals surface area contributed by atoms with E-state index in [0.717, 1.165) is 16.0 Å². The Morgan fingerprint density at radius 2 is 1.94 bits per heavy atom. The fraction of sp³-hybridized carbons (Fsp3) is 0.120. The summed E-state index contributed by atoms with van der Waals surface area (Å²) >= 11 is 1.50. The van der Waals surface area contributed by atoms with Crippen LogP contribution in [0.1, 0.15) is 27.3 Å². The number of rotatable bonds is 6. The lowest BCUT2D eigenvalue weighted by Crippen LogP contribution is -2.15. The second-order valence-electron chi connectivity index (χ2n) is 7.61. The number of nitrogens with one attached hydrogen (secondary N) is 1. The van der Waals surface area contributed by atoms with Crippen molar-refractivity contribution in [1.29, 1.82) is 0 Å². The summed E-state index contributed by atoms with van der Waals surface area (Å²) in [6, 6.07) is 19.2. The summed E-state index contributed by atoms with van der Waals surface area (Å²) in [4.78, 5) is 33.5. The molecule has 164 valence electrons. The number of benzene rings is 2. The maximum atomic E-state index is 13.0. The number of aromatic amines is 1. The number of esters is 1. The first-order valence-electron chi connectivity index (χ1n) is 10.4. The number of hydrogen-bond donors (Lipinski definition) is 1. The minimum Gasteiger partial charge on any atom is -0.454 e. The molecule has 0 aliphatic heterocycles. The highest BCUT2D eigenvalue weighted by Gasteiger charge is 2.21. The molecule has 0 spiro atoms. The predicted molar refractivity (Wildman–Crippen MR) is 127 cm³/mol. The van der Waals surface area contributed by atoms with E-state index >= 15 is 0 Å². The molecule has 0 saturated carbocycles. The summed E-state index contributed by atoms with van der Waals surface area (Å²) in [6.07, 6.45) is 1.70. The van der Waals surface area contributed by atoms with E-state index < -0.39 is 5.97 Å². The number of para-hydroxylation sites is 1. The van der Waals surface area contributed by atoms with Gasteiger partial charge in [-0.25, -0.2) is 9.78 Å². The number of carbonyl (C=O) groups is 1. The van der Waals surface area contributed by atoms with Crippen LogP contribution < -0.4 is 5.56 Å². The molecule has 0 aliphatic carbocycles. The first-order valence-corrected chi connectivity index (χ1v) is 11.3. The molecular formula is C25H20N4O3S. The minimum absolute atomic E-state index is 0.147. The summed E-state index contributed by atoms with van der Waals surface area (Å²) in [5, 5.41) is 7.09. The third kappa shape index (κ3) is 4.33. The van der Waals surface area contributed by atoms with Gasteiger partial charge in [0.15, 0.2) is 0 Å². The van der Waals surface area contributed by atoms with Crippen LogP contribution >= 0.6 is 11.3 Å². The van der Waals surface area contributed by atoms with Crippen LogP contribution in [-0.4, -0.2) is 25.7 Å². The largest absolute Gasteiger partial charge is 0.454 e. The van der Waals surface area contributed by atoms with Gasteiger partial charge < -0.3 is 9.72 Å². The number of aromatic nitrogens is 4. The molecule has 0 bridgehead atoms. The lowest BCUT2D eigenvalue weighted by Gasteiger charge is -2.06. The van der Waals surface area contributed by atoms with Crippen LogP contribution in [0, 0.1) is 6.92 Å². The third-order valence-electron chi connectivity index (χ3n) is 5.25. The van der Waals surface area contributed by atoms with Gasteiger partial charge in [-0.1, -0.05) is 48.5 Å². The van der Waals surface area contributed by atoms with Gasteiger partial charge in [0, 0.05) is 6.20 Å². The Hall–Kier alpha value is -4.04. The van der Waals surface area contributed by atoms with Crippen molar-refractivity contribution in [3.63, 3.8) is 0 Å². The highest BCUT2D eigenvalue weighted by molar-refractivity contribution is 7.13. The van der Waals surface area contributed by atoms with Crippen LogP contribution in [-0.2, 0) is 17.9 Å². The molecule has 5 rings (SSSR count). The van der Waals surface area contributed by atoms with Gasteiger partial charge in [-0.2, -0.15) is 5.10 Å². The summed E-state index contributed by atoms with van der Waals surface area (Å²) < 4.78 is 7.28. The smallest absolute Gasteiger partial charge is 0.342 e. The molecule has 0 saturated heterocycles. The van der Waals surface area contributed by atoms with Crippen molar-refractivity contribution in [2.75, 3.05) is 0 Å². The van der Waals surface area contributed by atoms with Gasteiger partial charge in [-0.05, 0) is 35.6 Å². The van der Waals surface area contributed by atoms with Crippen molar-refractivity contribution >= 4 is 28.2 Å². The van der Waals surface area contributed by atoms with Gasteiger partial charge in [0.2, 0.25) is 0 Å². The van der Waals surface area contributed by atoms with Crippen molar-refractivity contribution in [3.8, 4) is 10.6 Å². The van der Waals surface area contributed by atoms with Crippen molar-refractivity contribution in [3.05, 3.63) is 105 Å². The van der Waals surface area contributed by atoms with Gasteiger partial charge in [0.1, 0.15) is 23.7 Å². The highest BCUT2D eigenvalue weighted by Crippen LogP contribution is 2.27. The standard InChI is InChI=1S/C25H20N4O3S/c1-16-7-5-10-18-22(16)26-21(27-24(18)30)15-32-25(31)19-14-29(13-17-8-3-2-4-9-17)28-23(19)20-11-6-12-33-20/h2-12,14H,13,15H2,1H3,(H,26,27,30). The Balaban J connectivity index is 1.41. The maximum Gasteiger partial charge on any atom is 0.342 e. The predicted octanol–water partition coefficient (Wildman–Crippen LogP) is 4.56. The third-order valence-corrected chi connectivity index (χ3v) is 6.13. The van der Waals surface area contributed by atoms with Crippen LogP contribution in [0.4, 0.5) is 0 Å². The van der Waals surface area contributed by atoms with Crippen molar-refractivity contribution < 1.29 is 9.53 Å². The van der Waals surface area contributed by atoms with E-state index in [1.54, 1.807) is 16.9 Å². The minimum atomic E-state index is -0.523. The van der Waals surface area contributed by atoms with E-state index in [0.29, 0.717) is 34.5 Å². The molecule has 0 atom stereocenters. The quantitative estimate of drug-likeness (QED) is 0.378. The van der Waals surface area contributed by atoms with E-state index in [1.807, 2.05) is 66.9 Å². The second kappa shape index (κ2) is 8.84. The lowest BCUT2D eigenvalue weighted by molar-refractivity contribution is 0.0463. The summed E-state index contributed by atoms with van der Waals surface area (Å²) in [6.45, 7) is 2.27. The van der Waals surface area contributed by atoms with Crippen molar-refractivity contribution in [1.82, 2.24) is 19.7 Å². The zero-order valence-electron chi connectivity index (χ0n) is 17.8. The second-order valence-corrected chi connectivity index (χ2v) is 8.56. The Bertz CT molecular complexity index is 1490. The number of ether oxygens (including phenoxy) is 1. The van der Waals surface area contributed by atoms with Gasteiger partial charge in [-0.15, -0.1) is 11.3 Å². The van der Waals surface area contributed by atoms with E-state index in [-0.39, 0.29) is 12.2 Å². The molecule has 3 heterocycles. The number of H-pyrrole nitrogens is 1. The molecule has 0 amide bonds. The van der Waals surface area contributed by atoms with Crippen LogP contribution in [0.5, 0.6) is 0 Å². The molecule has 0 radical (unpaired) electrons. The Labute approximate surface area is 193 Å². The molecule has 8 heteroatoms. The topological polar surface area (TPSA) is 89.9 Å². The Morgan fingerprint density at radius 1 is 1.09 bits per heavy atom. The molecule has 7 nitrogen and oxygen atoms in total. The van der Waals surface area contributed by atoms with Crippen LogP contribution in [0.15, 0.2) is 77.0 Å². The Morgan fingerprint density at radius 3 is 2.73 bits per heavy atom. The molecule has 0 fully saturated rings. The van der Waals surface area contributed by atoms with E-state index in [9.17, 15) is 9.59 Å². The molecule has 3 aromatic heterocycles. The van der Waals surface area contributed by atoms with Gasteiger partial charge >= 0.3 is 5.97 Å². The number of fused-ring (bicyclic) bond motifs is 1. The monoisotopic (exact) mass is 456 g/mol. The SMILES string of the molecule is Cc1cccc2c(=O)[nH]c(COC(=O)c3cn(Cc4ccccc4)nc3-c3cccs3)nc12. The molecule has 0 aliphatic rings. The lowest BCUT2D eigenvalue weighted by atomic mass is 10.1. The number of thiophene rings is 1. The van der Waals surface area contributed by atoms with E-state index in [4.69, 9.17) is 4.74 Å². The maximum absolute atomic E-state index is 13.0. The van der Waals surface area contributed by atoms with Crippen LogP contribution in [0.3, 0.4) is 0 Å². The average molecular weight is 457 g/mol. The van der Waals surface area contributed by atoms with Gasteiger partial charge in [0.25, 0.3) is 5.56 Å². The van der Waals surface area contributed by atoms with Crippen molar-refractivity contribution in [2.24, 2.45) is 0 Å².